The van der Waals surface area contributed by atoms with Crippen molar-refractivity contribution in [2.45, 2.75) is 38.5 Å². The Morgan fingerprint density at radius 2 is 2.07 bits per heavy atom. The number of thiol groups is 1. The van der Waals surface area contributed by atoms with Crippen molar-refractivity contribution in [3.8, 4) is 0 Å². The van der Waals surface area contributed by atoms with E-state index in [9.17, 15) is 9.59 Å². The van der Waals surface area contributed by atoms with Crippen LogP contribution in [0.5, 0.6) is 0 Å². The Labute approximate surface area is 182 Å². The van der Waals surface area contributed by atoms with Crippen molar-refractivity contribution in [1.29, 1.82) is 0 Å². The van der Waals surface area contributed by atoms with Crippen LogP contribution in [0, 0.1) is 0 Å². The molecule has 0 aliphatic heterocycles. The molecule has 0 amide bonds. The quantitative estimate of drug-likeness (QED) is 0.555. The van der Waals surface area contributed by atoms with Crippen LogP contribution in [0.4, 0.5) is 0 Å². The third kappa shape index (κ3) is 4.57. The molecular formula is C19H21ClN4O3S2. The van der Waals surface area contributed by atoms with E-state index in [1.54, 1.807) is 13.1 Å². The molecule has 0 saturated carbocycles. The summed E-state index contributed by atoms with van der Waals surface area (Å²) in [5.41, 5.74) is 0.667. The van der Waals surface area contributed by atoms with Gasteiger partial charge in [-0.2, -0.15) is 17.6 Å². The summed E-state index contributed by atoms with van der Waals surface area (Å²) in [6.07, 6.45) is 4.65. The van der Waals surface area contributed by atoms with Crippen LogP contribution in [0.15, 0.2) is 32.3 Å². The van der Waals surface area contributed by atoms with Gasteiger partial charge in [-0.05, 0) is 31.1 Å². The molecule has 1 unspecified atom stereocenters. The summed E-state index contributed by atoms with van der Waals surface area (Å²) in [7, 11) is 1.67. The Morgan fingerprint density at radius 1 is 1.31 bits per heavy atom. The summed E-state index contributed by atoms with van der Waals surface area (Å²) >= 11 is 11.9. The van der Waals surface area contributed by atoms with Gasteiger partial charge in [0.25, 0.3) is 5.56 Å². The molecule has 3 heterocycles. The number of rotatable bonds is 7. The van der Waals surface area contributed by atoms with Crippen molar-refractivity contribution in [1.82, 2.24) is 19.3 Å². The molecule has 29 heavy (non-hydrogen) atoms. The number of thiophene rings is 1. The maximum Gasteiger partial charge on any atom is 0.331 e. The molecule has 1 atom stereocenters. The van der Waals surface area contributed by atoms with E-state index in [0.717, 1.165) is 15.1 Å². The molecule has 0 spiro atoms. The monoisotopic (exact) mass is 452 g/mol. The molecule has 10 heteroatoms. The molecule has 0 aromatic carbocycles. The zero-order valence-electron chi connectivity index (χ0n) is 16.3. The van der Waals surface area contributed by atoms with E-state index < -0.39 is 5.69 Å². The van der Waals surface area contributed by atoms with Crippen LogP contribution in [0.25, 0.3) is 6.08 Å². The van der Waals surface area contributed by atoms with Crippen LogP contribution in [-0.2, 0) is 26.4 Å². The fourth-order valence-electron chi connectivity index (χ4n) is 3.11. The van der Waals surface area contributed by atoms with Crippen LogP contribution >= 0.6 is 35.6 Å². The van der Waals surface area contributed by atoms with Crippen LogP contribution in [0.1, 0.15) is 46.9 Å². The Hall–Kier alpha value is -2.10. The first-order valence-corrected chi connectivity index (χ1v) is 10.8. The molecule has 0 radical (unpaired) electrons. The van der Waals surface area contributed by atoms with Crippen molar-refractivity contribution in [3.05, 3.63) is 71.2 Å². The van der Waals surface area contributed by atoms with E-state index in [-0.39, 0.29) is 23.2 Å². The summed E-state index contributed by atoms with van der Waals surface area (Å²) in [5, 5.41) is 3.73. The molecule has 0 N–H and O–H groups in total. The van der Waals surface area contributed by atoms with Gasteiger partial charge in [-0.1, -0.05) is 36.7 Å². The van der Waals surface area contributed by atoms with Crippen molar-refractivity contribution in [3.63, 3.8) is 0 Å². The molecule has 0 aliphatic rings. The number of hydrogen-bond acceptors (Lipinski definition) is 7. The number of halogens is 1. The molecule has 0 aliphatic carbocycles. The minimum atomic E-state index is -0.399. The molecular weight excluding hydrogens is 432 g/mol. The first kappa shape index (κ1) is 21.6. The lowest BCUT2D eigenvalue weighted by molar-refractivity contribution is 0.363. The normalized spacial score (nSPS) is 12.7. The topological polar surface area (TPSA) is 82.9 Å². The highest BCUT2D eigenvalue weighted by atomic mass is 35.5. The van der Waals surface area contributed by atoms with E-state index >= 15 is 0 Å². The lowest BCUT2D eigenvalue weighted by atomic mass is 10.1. The van der Waals surface area contributed by atoms with Gasteiger partial charge in [-0.3, -0.25) is 9.36 Å². The van der Waals surface area contributed by atoms with E-state index in [2.05, 4.69) is 22.8 Å². The van der Waals surface area contributed by atoms with Gasteiger partial charge in [0.15, 0.2) is 5.82 Å². The third-order valence-corrected chi connectivity index (χ3v) is 6.49. The van der Waals surface area contributed by atoms with Crippen molar-refractivity contribution < 1.29 is 4.52 Å². The fraction of sp³-hybridized carbons (Fsp3) is 0.368. The lowest BCUT2D eigenvalue weighted by Gasteiger charge is -2.13. The number of aromatic nitrogens is 4. The van der Waals surface area contributed by atoms with Gasteiger partial charge < -0.3 is 9.09 Å². The van der Waals surface area contributed by atoms with Gasteiger partial charge in [0.05, 0.1) is 9.59 Å². The van der Waals surface area contributed by atoms with Crippen molar-refractivity contribution in [2.24, 2.45) is 7.05 Å². The van der Waals surface area contributed by atoms with E-state index in [1.807, 2.05) is 32.1 Å². The van der Waals surface area contributed by atoms with Gasteiger partial charge in [-0.15, -0.1) is 11.3 Å². The zero-order chi connectivity index (χ0) is 21.1. The van der Waals surface area contributed by atoms with Gasteiger partial charge in [-0.25, -0.2) is 4.79 Å². The van der Waals surface area contributed by atoms with E-state index in [0.29, 0.717) is 28.6 Å². The fourth-order valence-corrected chi connectivity index (χ4v) is 4.47. The Bertz CT molecular complexity index is 1160. The number of nitrogens with zero attached hydrogens (tertiary/aromatic N) is 4. The summed E-state index contributed by atoms with van der Waals surface area (Å²) in [6.45, 7) is 3.75. The van der Waals surface area contributed by atoms with Gasteiger partial charge in [0, 0.05) is 23.2 Å². The minimum absolute atomic E-state index is 0.0752. The predicted molar refractivity (Wildman–Crippen MR) is 118 cm³/mol. The summed E-state index contributed by atoms with van der Waals surface area (Å²) in [6, 6.07) is 3.72. The molecule has 0 fully saturated rings. The van der Waals surface area contributed by atoms with Crippen molar-refractivity contribution >= 4 is 41.6 Å². The summed E-state index contributed by atoms with van der Waals surface area (Å²) in [4.78, 5) is 30.6. The molecule has 154 valence electrons. The largest absolute Gasteiger partial charge is 0.337 e. The Morgan fingerprint density at radius 3 is 2.69 bits per heavy atom. The highest BCUT2D eigenvalue weighted by Crippen LogP contribution is 2.31. The van der Waals surface area contributed by atoms with E-state index in [4.69, 9.17) is 16.1 Å². The van der Waals surface area contributed by atoms with Crippen LogP contribution < -0.4 is 11.2 Å². The molecule has 0 saturated heterocycles. The minimum Gasteiger partial charge on any atom is -0.337 e. The second-order valence-electron chi connectivity index (χ2n) is 6.36. The zero-order valence-corrected chi connectivity index (χ0v) is 18.7. The first-order valence-electron chi connectivity index (χ1n) is 9.11. The highest BCUT2D eigenvalue weighted by molar-refractivity contribution is 7.80. The maximum atomic E-state index is 12.8. The second-order valence-corrected chi connectivity index (χ2v) is 8.66. The summed E-state index contributed by atoms with van der Waals surface area (Å²) < 4.78 is 8.57. The number of hydrogen-bond donors (Lipinski definition) is 1. The van der Waals surface area contributed by atoms with E-state index in [1.165, 1.54) is 15.9 Å². The highest BCUT2D eigenvalue weighted by Gasteiger charge is 2.17. The lowest BCUT2D eigenvalue weighted by Crippen LogP contribution is -2.42. The maximum absolute atomic E-state index is 12.8. The smallest absolute Gasteiger partial charge is 0.331 e. The predicted octanol–water partition coefficient (Wildman–Crippen LogP) is 3.50. The van der Waals surface area contributed by atoms with Gasteiger partial charge in [0.1, 0.15) is 6.54 Å². The first-order chi connectivity index (χ1) is 13.8. The molecule has 0 bridgehead atoms. The van der Waals surface area contributed by atoms with Crippen molar-refractivity contribution in [2.75, 3.05) is 0 Å². The standard InChI is InChI=1S/C19H21ClN4O3S2/c1-4-11-12(5-2)23(3)19(26)24(18(11)25)10-17-21-16(22-27-17)9-6-13(28)14-7-8-15(20)29-14/h6-9,13,28H,4-5,10H2,1-3H3/b9-6+. The molecule has 7 nitrogen and oxygen atoms in total. The SMILES string of the molecule is CCc1c(CC)n(C)c(=O)n(Cc2nc(/C=C/C(S)c3ccc(Cl)s3)no2)c1=O. The average molecular weight is 453 g/mol. The summed E-state index contributed by atoms with van der Waals surface area (Å²) in [5.74, 6) is 0.525. The van der Waals surface area contributed by atoms with Gasteiger partial charge >= 0.3 is 5.69 Å². The van der Waals surface area contributed by atoms with Crippen LogP contribution in [0.2, 0.25) is 4.34 Å². The molecule has 3 rings (SSSR count). The van der Waals surface area contributed by atoms with Crippen LogP contribution in [0.3, 0.4) is 0 Å². The Kier molecular flexibility index (Phi) is 6.81. The Balaban J connectivity index is 1.84. The second kappa shape index (κ2) is 9.15. The van der Waals surface area contributed by atoms with Crippen LogP contribution in [-0.4, -0.2) is 19.3 Å². The third-order valence-electron chi connectivity index (χ3n) is 4.55. The van der Waals surface area contributed by atoms with Gasteiger partial charge in [0.2, 0.25) is 5.89 Å². The average Bonchev–Trinajstić information content (AvgIpc) is 3.34. The molecule has 3 aromatic heterocycles. The molecule has 3 aromatic rings.